The number of imide groups is 1. The number of halogens is 1. The number of alkyl halides is 1. The molecule has 0 N–H and O–H groups in total. The van der Waals surface area contributed by atoms with Crippen molar-refractivity contribution in [3.63, 3.8) is 0 Å². The molecular formula is C9H7ClN2O2. The predicted molar refractivity (Wildman–Crippen MR) is 52.5 cm³/mol. The van der Waals surface area contributed by atoms with Crippen LogP contribution in [0.1, 0.15) is 0 Å². The summed E-state index contributed by atoms with van der Waals surface area (Å²) in [6, 6.07) is -0.542. The van der Waals surface area contributed by atoms with Gasteiger partial charge >= 0.3 is 6.03 Å². The van der Waals surface area contributed by atoms with Crippen molar-refractivity contribution in [2.75, 3.05) is 7.05 Å². The Bertz CT molecular complexity index is 409. The van der Waals surface area contributed by atoms with Gasteiger partial charge in [-0.25, -0.2) is 4.79 Å². The molecule has 1 heterocycles. The van der Waals surface area contributed by atoms with Gasteiger partial charge in [0, 0.05) is 7.05 Å². The minimum absolute atomic E-state index is 0.311. The number of aliphatic imine (C=N–C) groups is 1. The molecule has 2 aliphatic rings. The molecule has 1 aliphatic heterocycles. The van der Waals surface area contributed by atoms with E-state index in [4.69, 9.17) is 11.6 Å². The van der Waals surface area contributed by atoms with Gasteiger partial charge in [0.2, 0.25) is 0 Å². The van der Waals surface area contributed by atoms with Crippen LogP contribution in [0.4, 0.5) is 4.79 Å². The molecule has 0 saturated heterocycles. The van der Waals surface area contributed by atoms with Crippen molar-refractivity contribution >= 4 is 29.3 Å². The molecule has 1 atom stereocenters. The molecule has 0 aromatic heterocycles. The highest BCUT2D eigenvalue weighted by atomic mass is 35.5. The minimum Gasteiger partial charge on any atom is -0.268 e. The number of urea groups is 1. The van der Waals surface area contributed by atoms with Gasteiger partial charge in [0.05, 0.1) is 16.7 Å². The summed E-state index contributed by atoms with van der Waals surface area (Å²) in [7, 11) is 1.40. The van der Waals surface area contributed by atoms with Crippen LogP contribution in [-0.2, 0) is 4.79 Å². The van der Waals surface area contributed by atoms with Crippen LogP contribution in [0.25, 0.3) is 0 Å². The van der Waals surface area contributed by atoms with Crippen molar-refractivity contribution in [2.24, 2.45) is 4.99 Å². The largest absolute Gasteiger partial charge is 0.350 e. The highest BCUT2D eigenvalue weighted by Gasteiger charge is 2.30. The summed E-state index contributed by atoms with van der Waals surface area (Å²) < 4.78 is 0. The maximum atomic E-state index is 11.6. The van der Waals surface area contributed by atoms with Gasteiger partial charge in [0.1, 0.15) is 0 Å². The first-order valence-electron chi connectivity index (χ1n) is 4.05. The number of likely N-dealkylation sites (N-methyl/N-ethyl adjacent to an activating group) is 1. The van der Waals surface area contributed by atoms with Crippen molar-refractivity contribution in [3.8, 4) is 0 Å². The zero-order valence-corrected chi connectivity index (χ0v) is 8.15. The third-order valence-corrected chi connectivity index (χ3v) is 2.35. The molecule has 0 radical (unpaired) electrons. The van der Waals surface area contributed by atoms with E-state index in [1.807, 2.05) is 0 Å². The Hall–Kier alpha value is -1.42. The Balaban J connectivity index is 2.50. The van der Waals surface area contributed by atoms with E-state index in [9.17, 15) is 9.59 Å². The highest BCUT2D eigenvalue weighted by Crippen LogP contribution is 2.19. The van der Waals surface area contributed by atoms with Crippen molar-refractivity contribution in [2.45, 2.75) is 5.38 Å². The van der Waals surface area contributed by atoms with Crippen molar-refractivity contribution < 1.29 is 9.59 Å². The number of fused-ring (bicyclic) bond motifs is 1. The predicted octanol–water partition coefficient (Wildman–Crippen LogP) is 1.12. The van der Waals surface area contributed by atoms with Crippen LogP contribution in [0.5, 0.6) is 0 Å². The topological polar surface area (TPSA) is 49.7 Å². The normalized spacial score (nSPS) is 25.9. The Kier molecular flexibility index (Phi) is 2.00. The smallest absolute Gasteiger partial charge is 0.268 e. The first-order valence-corrected chi connectivity index (χ1v) is 4.48. The van der Waals surface area contributed by atoms with E-state index >= 15 is 0 Å². The maximum absolute atomic E-state index is 11.6. The Labute approximate surface area is 85.5 Å². The van der Waals surface area contributed by atoms with Gasteiger partial charge < -0.3 is 0 Å². The SMILES string of the molecule is CN1C(=O)N=C2C=CC(Cl)C=C2C1=O. The summed E-state index contributed by atoms with van der Waals surface area (Å²) in [6.45, 7) is 0. The fraction of sp³-hybridized carbons (Fsp3) is 0.222. The molecule has 0 fully saturated rings. The van der Waals surface area contributed by atoms with Gasteiger partial charge in [-0.1, -0.05) is 6.08 Å². The molecule has 0 aromatic rings. The number of hydrogen-bond donors (Lipinski definition) is 0. The molecular weight excluding hydrogens is 204 g/mol. The molecule has 1 unspecified atom stereocenters. The lowest BCUT2D eigenvalue weighted by atomic mass is 10.0. The minimum atomic E-state index is -0.542. The summed E-state index contributed by atoms with van der Waals surface area (Å²) >= 11 is 5.81. The number of rotatable bonds is 0. The van der Waals surface area contributed by atoms with Crippen LogP contribution >= 0.6 is 11.6 Å². The van der Waals surface area contributed by atoms with Crippen LogP contribution < -0.4 is 0 Å². The Morgan fingerprint density at radius 2 is 2.21 bits per heavy atom. The summed E-state index contributed by atoms with van der Waals surface area (Å²) in [5, 5.41) is -0.311. The van der Waals surface area contributed by atoms with Gasteiger partial charge in [-0.2, -0.15) is 4.99 Å². The first-order chi connectivity index (χ1) is 6.59. The molecule has 5 heteroatoms. The van der Waals surface area contributed by atoms with Crippen molar-refractivity contribution in [1.29, 1.82) is 0 Å². The lowest BCUT2D eigenvalue weighted by Crippen LogP contribution is -2.39. The van der Waals surface area contributed by atoms with Crippen molar-refractivity contribution in [1.82, 2.24) is 4.90 Å². The summed E-state index contributed by atoms with van der Waals surface area (Å²) in [6.07, 6.45) is 4.86. The number of carbonyl (C=O) groups is 2. The standard InChI is InChI=1S/C9H7ClN2O2/c1-12-8(13)6-4-5(10)2-3-7(6)11-9(12)14/h2-5H,1H3. The number of amides is 3. The summed E-state index contributed by atoms with van der Waals surface area (Å²) in [4.78, 5) is 27.5. The Morgan fingerprint density at radius 1 is 1.50 bits per heavy atom. The molecule has 3 amide bonds. The zero-order chi connectivity index (χ0) is 10.3. The van der Waals surface area contributed by atoms with Gasteiger partial charge in [0.25, 0.3) is 5.91 Å². The number of nitrogens with zero attached hydrogens (tertiary/aromatic N) is 2. The first kappa shape index (κ1) is 9.15. The highest BCUT2D eigenvalue weighted by molar-refractivity contribution is 6.35. The number of allylic oxidation sites excluding steroid dienone is 3. The van der Waals surface area contributed by atoms with Gasteiger partial charge in [-0.05, 0) is 12.2 Å². The quantitative estimate of drug-likeness (QED) is 0.563. The van der Waals surface area contributed by atoms with E-state index < -0.39 is 6.03 Å². The van der Waals surface area contributed by atoms with Crippen LogP contribution in [0.3, 0.4) is 0 Å². The average Bonchev–Trinajstić information content (AvgIpc) is 2.16. The van der Waals surface area contributed by atoms with Crippen LogP contribution in [0.2, 0.25) is 0 Å². The third kappa shape index (κ3) is 1.28. The molecule has 0 aromatic carbocycles. The van der Waals surface area contributed by atoms with Crippen molar-refractivity contribution in [3.05, 3.63) is 23.8 Å². The zero-order valence-electron chi connectivity index (χ0n) is 7.40. The molecule has 4 nitrogen and oxygen atoms in total. The second-order valence-electron chi connectivity index (χ2n) is 3.03. The van der Waals surface area contributed by atoms with Crippen LogP contribution in [0, 0.1) is 0 Å². The molecule has 2 rings (SSSR count). The van der Waals surface area contributed by atoms with E-state index in [2.05, 4.69) is 4.99 Å². The second-order valence-corrected chi connectivity index (χ2v) is 3.53. The van der Waals surface area contributed by atoms with E-state index in [0.29, 0.717) is 11.3 Å². The molecule has 0 spiro atoms. The number of carbonyl (C=O) groups excluding carboxylic acids is 2. The van der Waals surface area contributed by atoms with E-state index in [0.717, 1.165) is 4.90 Å². The van der Waals surface area contributed by atoms with E-state index in [1.165, 1.54) is 7.05 Å². The molecule has 14 heavy (non-hydrogen) atoms. The molecule has 1 aliphatic carbocycles. The monoisotopic (exact) mass is 210 g/mol. The maximum Gasteiger partial charge on any atom is 0.350 e. The lowest BCUT2D eigenvalue weighted by Gasteiger charge is -2.22. The van der Waals surface area contributed by atoms with E-state index in [1.54, 1.807) is 18.2 Å². The van der Waals surface area contributed by atoms with Crippen LogP contribution in [-0.4, -0.2) is 35.0 Å². The summed E-state index contributed by atoms with van der Waals surface area (Å²) in [5.74, 6) is -0.352. The lowest BCUT2D eigenvalue weighted by molar-refractivity contribution is -0.122. The van der Waals surface area contributed by atoms with Gasteiger partial charge in [-0.3, -0.25) is 9.69 Å². The Morgan fingerprint density at radius 3 is 2.93 bits per heavy atom. The third-order valence-electron chi connectivity index (χ3n) is 2.08. The van der Waals surface area contributed by atoms with Gasteiger partial charge in [-0.15, -0.1) is 11.6 Å². The van der Waals surface area contributed by atoms with Crippen LogP contribution in [0.15, 0.2) is 28.8 Å². The van der Waals surface area contributed by atoms with E-state index in [-0.39, 0.29) is 11.3 Å². The molecule has 0 saturated carbocycles. The fourth-order valence-electron chi connectivity index (χ4n) is 1.30. The fourth-order valence-corrected chi connectivity index (χ4v) is 1.50. The average molecular weight is 211 g/mol. The second kappa shape index (κ2) is 3.06. The van der Waals surface area contributed by atoms with Gasteiger partial charge in [0.15, 0.2) is 0 Å². The molecule has 0 bridgehead atoms. The summed E-state index contributed by atoms with van der Waals surface area (Å²) in [5.41, 5.74) is 0.796. The number of hydrogen-bond acceptors (Lipinski definition) is 2. The molecule has 72 valence electrons.